The topological polar surface area (TPSA) is 48.1 Å². The molecule has 0 amide bonds. The van der Waals surface area contributed by atoms with Gasteiger partial charge in [-0.1, -0.05) is 34.1 Å². The molecule has 3 rings (SSSR count). The number of ether oxygens (including phenoxy) is 1. The van der Waals surface area contributed by atoms with E-state index < -0.39 is 0 Å². The van der Waals surface area contributed by atoms with E-state index >= 15 is 0 Å². The highest BCUT2D eigenvalue weighted by molar-refractivity contribution is 9.10. The number of para-hydroxylation sites is 1. The minimum Gasteiger partial charge on any atom is -0.486 e. The fourth-order valence-corrected chi connectivity index (χ4v) is 2.97. The Morgan fingerprint density at radius 2 is 2.00 bits per heavy atom. The van der Waals surface area contributed by atoms with E-state index in [2.05, 4.69) is 27.0 Å². The molecule has 0 saturated heterocycles. The van der Waals surface area contributed by atoms with Crippen LogP contribution in [0.2, 0.25) is 0 Å². The molecule has 106 valence electrons. The van der Waals surface area contributed by atoms with Crippen LogP contribution < -0.4 is 10.5 Å². The highest BCUT2D eigenvalue weighted by atomic mass is 79.9. The zero-order valence-electron chi connectivity index (χ0n) is 11.6. The molecule has 0 aliphatic rings. The van der Waals surface area contributed by atoms with Gasteiger partial charge in [0.15, 0.2) is 0 Å². The summed E-state index contributed by atoms with van der Waals surface area (Å²) in [5.41, 5.74) is 9.76. The van der Waals surface area contributed by atoms with Crippen LogP contribution in [0.1, 0.15) is 11.1 Å². The molecule has 2 N–H and O–H groups in total. The summed E-state index contributed by atoms with van der Waals surface area (Å²) in [6.45, 7) is 2.46. The van der Waals surface area contributed by atoms with Crippen LogP contribution in [0.5, 0.6) is 5.75 Å². The molecule has 0 unspecified atom stereocenters. The maximum atomic E-state index is 6.03. The summed E-state index contributed by atoms with van der Waals surface area (Å²) >= 11 is 3.43. The van der Waals surface area contributed by atoms with Gasteiger partial charge in [-0.3, -0.25) is 4.98 Å². The zero-order chi connectivity index (χ0) is 14.8. The smallest absolute Gasteiger partial charge is 0.145 e. The standard InChI is InChI=1S/C17H15BrN2O/c1-11-8-13(18)9-15(19)17(11)21-10-12-6-7-20-16-5-3-2-4-14(12)16/h2-9H,10,19H2,1H3. The van der Waals surface area contributed by atoms with Crippen molar-refractivity contribution in [2.24, 2.45) is 0 Å². The Balaban J connectivity index is 1.91. The summed E-state index contributed by atoms with van der Waals surface area (Å²) in [6, 6.07) is 13.9. The molecule has 0 bridgehead atoms. The first kappa shape index (κ1) is 13.9. The van der Waals surface area contributed by atoms with Gasteiger partial charge in [-0.15, -0.1) is 0 Å². The Kier molecular flexibility index (Phi) is 3.80. The highest BCUT2D eigenvalue weighted by Crippen LogP contribution is 2.31. The van der Waals surface area contributed by atoms with E-state index in [9.17, 15) is 0 Å². The lowest BCUT2D eigenvalue weighted by Gasteiger charge is -2.13. The van der Waals surface area contributed by atoms with Gasteiger partial charge in [0.1, 0.15) is 12.4 Å². The maximum absolute atomic E-state index is 6.03. The second-order valence-electron chi connectivity index (χ2n) is 4.92. The number of benzene rings is 2. The first-order valence-corrected chi connectivity index (χ1v) is 7.45. The minimum atomic E-state index is 0.468. The first-order chi connectivity index (χ1) is 10.1. The summed E-state index contributed by atoms with van der Waals surface area (Å²) in [5, 5.41) is 1.10. The zero-order valence-corrected chi connectivity index (χ0v) is 13.2. The SMILES string of the molecule is Cc1cc(Br)cc(N)c1OCc1ccnc2ccccc12. The Labute approximate surface area is 131 Å². The van der Waals surface area contributed by atoms with Gasteiger partial charge in [-0.25, -0.2) is 0 Å². The molecule has 4 heteroatoms. The molecule has 1 aromatic heterocycles. The summed E-state index contributed by atoms with van der Waals surface area (Å²) in [7, 11) is 0. The highest BCUT2D eigenvalue weighted by Gasteiger charge is 2.08. The van der Waals surface area contributed by atoms with Crippen molar-refractivity contribution in [3.05, 3.63) is 64.3 Å². The molecule has 0 saturated carbocycles. The second-order valence-corrected chi connectivity index (χ2v) is 5.83. The average molecular weight is 343 g/mol. The number of aryl methyl sites for hydroxylation is 1. The average Bonchev–Trinajstić information content (AvgIpc) is 2.46. The molecule has 0 aliphatic heterocycles. The van der Waals surface area contributed by atoms with Gasteiger partial charge in [0, 0.05) is 21.6 Å². The van der Waals surface area contributed by atoms with E-state index in [1.54, 1.807) is 6.20 Å². The molecule has 3 aromatic rings. The third-order valence-corrected chi connectivity index (χ3v) is 3.84. The van der Waals surface area contributed by atoms with Gasteiger partial charge in [0.25, 0.3) is 0 Å². The number of hydrogen-bond acceptors (Lipinski definition) is 3. The monoisotopic (exact) mass is 342 g/mol. The van der Waals surface area contributed by atoms with Crippen LogP contribution in [0.25, 0.3) is 10.9 Å². The number of nitrogens with zero attached hydrogens (tertiary/aromatic N) is 1. The molecule has 1 heterocycles. The molecule has 0 radical (unpaired) electrons. The number of nitrogen functional groups attached to an aromatic ring is 1. The number of anilines is 1. The molecule has 0 fully saturated rings. The van der Waals surface area contributed by atoms with Crippen LogP contribution in [0.4, 0.5) is 5.69 Å². The molecular formula is C17H15BrN2O. The second kappa shape index (κ2) is 5.74. The number of nitrogens with two attached hydrogens (primary N) is 1. The van der Waals surface area contributed by atoms with Crippen molar-refractivity contribution in [2.45, 2.75) is 13.5 Å². The minimum absolute atomic E-state index is 0.468. The van der Waals surface area contributed by atoms with Gasteiger partial charge >= 0.3 is 0 Å². The number of pyridine rings is 1. The predicted octanol–water partition coefficient (Wildman–Crippen LogP) is 4.47. The lowest BCUT2D eigenvalue weighted by atomic mass is 10.1. The van der Waals surface area contributed by atoms with Crippen LogP contribution in [-0.4, -0.2) is 4.98 Å². The fourth-order valence-electron chi connectivity index (χ4n) is 2.38. The van der Waals surface area contributed by atoms with Gasteiger partial charge in [0.05, 0.1) is 11.2 Å². The first-order valence-electron chi connectivity index (χ1n) is 6.66. The molecule has 2 aromatic carbocycles. The van der Waals surface area contributed by atoms with E-state index in [4.69, 9.17) is 10.5 Å². The van der Waals surface area contributed by atoms with Crippen molar-refractivity contribution < 1.29 is 4.74 Å². The predicted molar refractivity (Wildman–Crippen MR) is 89.4 cm³/mol. The van der Waals surface area contributed by atoms with E-state index in [1.165, 1.54) is 0 Å². The van der Waals surface area contributed by atoms with Gasteiger partial charge in [-0.05, 0) is 36.8 Å². The van der Waals surface area contributed by atoms with E-state index in [0.717, 1.165) is 32.3 Å². The van der Waals surface area contributed by atoms with Gasteiger partial charge < -0.3 is 10.5 Å². The molecule has 0 spiro atoms. The third kappa shape index (κ3) is 2.85. The Morgan fingerprint density at radius 1 is 1.19 bits per heavy atom. The van der Waals surface area contributed by atoms with Crippen LogP contribution >= 0.6 is 15.9 Å². The lowest BCUT2D eigenvalue weighted by molar-refractivity contribution is 0.307. The van der Waals surface area contributed by atoms with Crippen LogP contribution in [-0.2, 0) is 6.61 Å². The number of rotatable bonds is 3. The van der Waals surface area contributed by atoms with Crippen molar-refractivity contribution in [2.75, 3.05) is 5.73 Å². The number of halogens is 1. The number of aromatic nitrogens is 1. The number of fused-ring (bicyclic) bond motifs is 1. The van der Waals surface area contributed by atoms with Gasteiger partial charge in [0.2, 0.25) is 0 Å². The quantitative estimate of drug-likeness (QED) is 0.714. The summed E-state index contributed by atoms with van der Waals surface area (Å²) in [5.74, 6) is 0.735. The Morgan fingerprint density at radius 3 is 2.81 bits per heavy atom. The van der Waals surface area contributed by atoms with E-state index in [0.29, 0.717) is 12.3 Å². The van der Waals surface area contributed by atoms with Crippen molar-refractivity contribution in [1.29, 1.82) is 0 Å². The van der Waals surface area contributed by atoms with E-state index in [-0.39, 0.29) is 0 Å². The Bertz CT molecular complexity index is 773. The van der Waals surface area contributed by atoms with Crippen molar-refractivity contribution >= 4 is 32.5 Å². The summed E-state index contributed by atoms with van der Waals surface area (Å²) < 4.78 is 6.90. The van der Waals surface area contributed by atoms with E-state index in [1.807, 2.05) is 43.3 Å². The maximum Gasteiger partial charge on any atom is 0.145 e. The largest absolute Gasteiger partial charge is 0.486 e. The van der Waals surface area contributed by atoms with Crippen LogP contribution in [0.15, 0.2) is 53.1 Å². The lowest BCUT2D eigenvalue weighted by Crippen LogP contribution is -2.01. The molecule has 0 atom stereocenters. The van der Waals surface area contributed by atoms with Crippen molar-refractivity contribution in [1.82, 2.24) is 4.98 Å². The molecule has 3 nitrogen and oxygen atoms in total. The molecule has 21 heavy (non-hydrogen) atoms. The fraction of sp³-hybridized carbons (Fsp3) is 0.118. The normalized spacial score (nSPS) is 10.8. The summed E-state index contributed by atoms with van der Waals surface area (Å²) in [4.78, 5) is 4.36. The molecular weight excluding hydrogens is 328 g/mol. The van der Waals surface area contributed by atoms with Crippen molar-refractivity contribution in [3.8, 4) is 5.75 Å². The molecule has 0 aliphatic carbocycles. The summed E-state index contributed by atoms with van der Waals surface area (Å²) in [6.07, 6.45) is 1.80. The van der Waals surface area contributed by atoms with Gasteiger partial charge in [-0.2, -0.15) is 0 Å². The van der Waals surface area contributed by atoms with Crippen molar-refractivity contribution in [3.63, 3.8) is 0 Å². The van der Waals surface area contributed by atoms with Crippen LogP contribution in [0.3, 0.4) is 0 Å². The third-order valence-electron chi connectivity index (χ3n) is 3.38. The Hall–Kier alpha value is -2.07. The number of hydrogen-bond donors (Lipinski definition) is 1. The van der Waals surface area contributed by atoms with Crippen LogP contribution in [0, 0.1) is 6.92 Å².